The molecule has 1 atom stereocenters. The van der Waals surface area contributed by atoms with E-state index in [-0.39, 0.29) is 17.5 Å². The Morgan fingerprint density at radius 2 is 1.88 bits per heavy atom. The summed E-state index contributed by atoms with van der Waals surface area (Å²) in [4.78, 5) is 11.9. The lowest BCUT2D eigenvalue weighted by Crippen LogP contribution is -2.10. The molecule has 1 nitrogen and oxygen atoms in total. The number of hydrogen-bond donors (Lipinski definition) is 0. The molecule has 0 aliphatic heterocycles. The number of ketones is 1. The van der Waals surface area contributed by atoms with E-state index in [0.29, 0.717) is 18.4 Å². The standard InChI is InChI=1S/C14H23FO/c1-3-5-7-8-11-10-13(15)12(14(11)16)9-6-4-2/h11H,3-10H2,1-2H3. The summed E-state index contributed by atoms with van der Waals surface area (Å²) in [6.07, 6.45) is 7.19. The van der Waals surface area contributed by atoms with Crippen molar-refractivity contribution in [2.24, 2.45) is 5.92 Å². The number of hydrogen-bond acceptors (Lipinski definition) is 1. The minimum Gasteiger partial charge on any atom is -0.294 e. The summed E-state index contributed by atoms with van der Waals surface area (Å²) in [6, 6.07) is 0. The molecule has 0 fully saturated rings. The fourth-order valence-electron chi connectivity index (χ4n) is 2.30. The zero-order chi connectivity index (χ0) is 12.0. The van der Waals surface area contributed by atoms with Gasteiger partial charge in [0.25, 0.3) is 0 Å². The van der Waals surface area contributed by atoms with Gasteiger partial charge in [-0.3, -0.25) is 4.79 Å². The van der Waals surface area contributed by atoms with Gasteiger partial charge in [-0.1, -0.05) is 39.5 Å². The largest absolute Gasteiger partial charge is 0.294 e. The molecular weight excluding hydrogens is 203 g/mol. The molecule has 0 saturated carbocycles. The van der Waals surface area contributed by atoms with Crippen LogP contribution in [0.4, 0.5) is 4.39 Å². The Morgan fingerprint density at radius 1 is 1.19 bits per heavy atom. The van der Waals surface area contributed by atoms with Crippen molar-refractivity contribution in [2.75, 3.05) is 0 Å². The maximum Gasteiger partial charge on any atom is 0.164 e. The molecule has 1 rings (SSSR count). The molecule has 0 radical (unpaired) electrons. The molecule has 0 N–H and O–H groups in total. The summed E-state index contributed by atoms with van der Waals surface area (Å²) >= 11 is 0. The number of carbonyl (C=O) groups is 1. The van der Waals surface area contributed by atoms with Crippen LogP contribution in [0.3, 0.4) is 0 Å². The van der Waals surface area contributed by atoms with E-state index in [2.05, 4.69) is 13.8 Å². The predicted octanol–water partition coefficient (Wildman–Crippen LogP) is 4.57. The predicted molar refractivity (Wildman–Crippen MR) is 64.9 cm³/mol. The van der Waals surface area contributed by atoms with Gasteiger partial charge in [0.15, 0.2) is 5.78 Å². The Balaban J connectivity index is 2.43. The highest BCUT2D eigenvalue weighted by Gasteiger charge is 2.32. The van der Waals surface area contributed by atoms with Gasteiger partial charge in [0, 0.05) is 17.9 Å². The molecule has 0 saturated heterocycles. The first kappa shape index (κ1) is 13.4. The Bertz CT molecular complexity index is 268. The van der Waals surface area contributed by atoms with E-state index in [1.54, 1.807) is 0 Å². The van der Waals surface area contributed by atoms with Crippen molar-refractivity contribution in [1.82, 2.24) is 0 Å². The van der Waals surface area contributed by atoms with Crippen LogP contribution in [0.1, 0.15) is 65.2 Å². The van der Waals surface area contributed by atoms with Crippen LogP contribution in [0.5, 0.6) is 0 Å². The first-order chi connectivity index (χ1) is 7.70. The highest BCUT2D eigenvalue weighted by molar-refractivity contribution is 6.00. The van der Waals surface area contributed by atoms with Gasteiger partial charge >= 0.3 is 0 Å². The van der Waals surface area contributed by atoms with E-state index in [1.807, 2.05) is 0 Å². The molecule has 0 spiro atoms. The summed E-state index contributed by atoms with van der Waals surface area (Å²) in [5.41, 5.74) is 0.503. The molecule has 0 aromatic carbocycles. The van der Waals surface area contributed by atoms with Crippen molar-refractivity contribution >= 4 is 5.78 Å². The molecule has 1 aliphatic rings. The number of carbonyl (C=O) groups excluding carboxylic acids is 1. The van der Waals surface area contributed by atoms with E-state index < -0.39 is 0 Å². The molecule has 0 aromatic rings. The number of unbranched alkanes of at least 4 members (excludes halogenated alkanes) is 3. The van der Waals surface area contributed by atoms with Gasteiger partial charge in [-0.2, -0.15) is 0 Å². The Labute approximate surface area is 98.1 Å². The van der Waals surface area contributed by atoms with Crippen molar-refractivity contribution < 1.29 is 9.18 Å². The smallest absolute Gasteiger partial charge is 0.164 e. The molecule has 0 amide bonds. The molecule has 2 heteroatoms. The summed E-state index contributed by atoms with van der Waals surface area (Å²) in [5, 5.41) is 0. The SMILES string of the molecule is CCCCCC1CC(F)=C(CCCC)C1=O. The zero-order valence-corrected chi connectivity index (χ0v) is 10.5. The lowest BCUT2D eigenvalue weighted by atomic mass is 9.95. The van der Waals surface area contributed by atoms with Gasteiger partial charge in [-0.05, 0) is 19.3 Å². The normalized spacial score (nSPS) is 20.9. The summed E-state index contributed by atoms with van der Waals surface area (Å²) < 4.78 is 13.6. The second kappa shape index (κ2) is 6.82. The highest BCUT2D eigenvalue weighted by atomic mass is 19.1. The maximum atomic E-state index is 13.6. The van der Waals surface area contributed by atoms with Crippen LogP contribution in [0, 0.1) is 5.92 Å². The van der Waals surface area contributed by atoms with Crippen LogP contribution in [0.15, 0.2) is 11.4 Å². The van der Waals surface area contributed by atoms with E-state index in [9.17, 15) is 9.18 Å². The van der Waals surface area contributed by atoms with Crippen LogP contribution in [0.25, 0.3) is 0 Å². The fourth-order valence-corrected chi connectivity index (χ4v) is 2.30. The van der Waals surface area contributed by atoms with Gasteiger partial charge < -0.3 is 0 Å². The van der Waals surface area contributed by atoms with Crippen molar-refractivity contribution in [3.8, 4) is 0 Å². The molecule has 1 unspecified atom stereocenters. The zero-order valence-electron chi connectivity index (χ0n) is 10.5. The van der Waals surface area contributed by atoms with Crippen LogP contribution in [0.2, 0.25) is 0 Å². The molecule has 0 aromatic heterocycles. The molecule has 0 heterocycles. The summed E-state index contributed by atoms with van der Waals surface area (Å²) in [6.45, 7) is 4.21. The monoisotopic (exact) mass is 226 g/mol. The minimum atomic E-state index is -0.125. The third kappa shape index (κ3) is 3.43. The average Bonchev–Trinajstić information content (AvgIpc) is 2.53. The van der Waals surface area contributed by atoms with Crippen molar-refractivity contribution in [1.29, 1.82) is 0 Å². The molecule has 1 aliphatic carbocycles. The third-order valence-corrected chi connectivity index (χ3v) is 3.36. The fraction of sp³-hybridized carbons (Fsp3) is 0.786. The van der Waals surface area contributed by atoms with Crippen LogP contribution in [-0.4, -0.2) is 5.78 Å². The molecule has 0 bridgehead atoms. The topological polar surface area (TPSA) is 17.1 Å². The summed E-state index contributed by atoms with van der Waals surface area (Å²) in [7, 11) is 0. The maximum absolute atomic E-state index is 13.6. The van der Waals surface area contributed by atoms with Crippen LogP contribution < -0.4 is 0 Å². The van der Waals surface area contributed by atoms with Crippen LogP contribution in [-0.2, 0) is 4.79 Å². The van der Waals surface area contributed by atoms with E-state index in [0.717, 1.165) is 38.5 Å². The minimum absolute atomic E-state index is 0.0431. The average molecular weight is 226 g/mol. The number of halogens is 1. The number of allylic oxidation sites excluding steroid dienone is 2. The van der Waals surface area contributed by atoms with Crippen molar-refractivity contribution in [2.45, 2.75) is 65.2 Å². The van der Waals surface area contributed by atoms with Crippen LogP contribution >= 0.6 is 0 Å². The van der Waals surface area contributed by atoms with E-state index in [4.69, 9.17) is 0 Å². The molecule has 16 heavy (non-hydrogen) atoms. The van der Waals surface area contributed by atoms with Gasteiger partial charge in [0.05, 0.1) is 0 Å². The lowest BCUT2D eigenvalue weighted by molar-refractivity contribution is -0.118. The molecule has 92 valence electrons. The van der Waals surface area contributed by atoms with Crippen molar-refractivity contribution in [3.63, 3.8) is 0 Å². The van der Waals surface area contributed by atoms with Gasteiger partial charge in [0.2, 0.25) is 0 Å². The quantitative estimate of drug-likeness (QED) is 0.581. The van der Waals surface area contributed by atoms with E-state index in [1.165, 1.54) is 0 Å². The first-order valence-electron chi connectivity index (χ1n) is 6.62. The Kier molecular flexibility index (Phi) is 5.72. The highest BCUT2D eigenvalue weighted by Crippen LogP contribution is 2.34. The van der Waals surface area contributed by atoms with Gasteiger partial charge in [-0.25, -0.2) is 4.39 Å². The van der Waals surface area contributed by atoms with Crippen molar-refractivity contribution in [3.05, 3.63) is 11.4 Å². The van der Waals surface area contributed by atoms with Gasteiger partial charge in [-0.15, -0.1) is 0 Å². The number of rotatable bonds is 7. The first-order valence-corrected chi connectivity index (χ1v) is 6.62. The van der Waals surface area contributed by atoms with E-state index >= 15 is 0 Å². The third-order valence-electron chi connectivity index (χ3n) is 3.36. The molecular formula is C14H23FO. The number of Topliss-reactive ketones (excluding diaryl/α,β-unsaturated/α-hetero) is 1. The Hall–Kier alpha value is -0.660. The second-order valence-corrected chi connectivity index (χ2v) is 4.75. The summed E-state index contributed by atoms with van der Waals surface area (Å²) in [5.74, 6) is -0.0691. The lowest BCUT2D eigenvalue weighted by Gasteiger charge is -2.07. The van der Waals surface area contributed by atoms with Gasteiger partial charge in [0.1, 0.15) is 5.83 Å². The Morgan fingerprint density at radius 3 is 2.50 bits per heavy atom. The second-order valence-electron chi connectivity index (χ2n) is 4.75.